The Labute approximate surface area is 121 Å². The van der Waals surface area contributed by atoms with Crippen LogP contribution < -0.4 is 5.32 Å². The lowest BCUT2D eigenvalue weighted by atomic mass is 10.3. The lowest BCUT2D eigenvalue weighted by Crippen LogP contribution is -2.05. The SMILES string of the molecule is CC(=O)Nc1ccc(SS(=O)(=O)c2ccccc2)cc1. The maximum absolute atomic E-state index is 12.2. The minimum Gasteiger partial charge on any atom is -0.326 e. The number of benzene rings is 2. The summed E-state index contributed by atoms with van der Waals surface area (Å²) >= 11 is 0. The number of anilines is 1. The third-order valence-corrected chi connectivity index (χ3v) is 5.76. The van der Waals surface area contributed by atoms with Gasteiger partial charge in [-0.15, -0.1) is 0 Å². The molecule has 1 N–H and O–H groups in total. The van der Waals surface area contributed by atoms with E-state index in [-0.39, 0.29) is 10.8 Å². The summed E-state index contributed by atoms with van der Waals surface area (Å²) in [5.74, 6) is -0.165. The highest BCUT2D eigenvalue weighted by Crippen LogP contribution is 2.31. The minimum absolute atomic E-state index is 0.165. The standard InChI is InChI=1S/C14H13NO3S2/c1-11(16)15-12-7-9-13(10-8-12)19-20(17,18)14-5-3-2-4-6-14/h2-10H,1H3,(H,15,16). The van der Waals surface area contributed by atoms with Crippen molar-refractivity contribution >= 4 is 31.3 Å². The highest BCUT2D eigenvalue weighted by Gasteiger charge is 2.15. The number of hydrogen-bond acceptors (Lipinski definition) is 4. The van der Waals surface area contributed by atoms with E-state index in [1.54, 1.807) is 54.6 Å². The first-order valence-electron chi connectivity index (χ1n) is 5.84. The molecule has 0 heterocycles. The molecule has 6 heteroatoms. The number of carbonyl (C=O) groups excluding carboxylic acids is 1. The fraction of sp³-hybridized carbons (Fsp3) is 0.0714. The first kappa shape index (κ1) is 14.6. The van der Waals surface area contributed by atoms with E-state index in [0.29, 0.717) is 10.6 Å². The van der Waals surface area contributed by atoms with Crippen LogP contribution in [0, 0.1) is 0 Å². The maximum Gasteiger partial charge on any atom is 0.234 e. The molecule has 0 aromatic heterocycles. The second-order valence-electron chi connectivity index (χ2n) is 4.06. The summed E-state index contributed by atoms with van der Waals surface area (Å²) in [5, 5.41) is 2.63. The molecule has 4 nitrogen and oxygen atoms in total. The maximum atomic E-state index is 12.2. The van der Waals surface area contributed by atoms with E-state index in [2.05, 4.69) is 5.32 Å². The van der Waals surface area contributed by atoms with Crippen LogP contribution in [0.5, 0.6) is 0 Å². The van der Waals surface area contributed by atoms with Gasteiger partial charge in [-0.2, -0.15) is 0 Å². The van der Waals surface area contributed by atoms with Crippen molar-refractivity contribution in [1.29, 1.82) is 0 Å². The zero-order chi connectivity index (χ0) is 14.6. The fourth-order valence-corrected chi connectivity index (χ4v) is 4.36. The second-order valence-corrected chi connectivity index (χ2v) is 7.89. The highest BCUT2D eigenvalue weighted by molar-refractivity contribution is 8.72. The third kappa shape index (κ3) is 3.85. The molecule has 20 heavy (non-hydrogen) atoms. The lowest BCUT2D eigenvalue weighted by molar-refractivity contribution is -0.114. The van der Waals surface area contributed by atoms with Crippen LogP contribution in [0.2, 0.25) is 0 Å². The molecule has 0 unspecified atom stereocenters. The fourth-order valence-electron chi connectivity index (χ4n) is 1.56. The molecule has 0 aliphatic rings. The summed E-state index contributed by atoms with van der Waals surface area (Å²) < 4.78 is 24.3. The highest BCUT2D eigenvalue weighted by atomic mass is 33.1. The molecule has 104 valence electrons. The molecule has 0 bridgehead atoms. The smallest absolute Gasteiger partial charge is 0.234 e. The van der Waals surface area contributed by atoms with Gasteiger partial charge in [0.1, 0.15) is 0 Å². The summed E-state index contributed by atoms with van der Waals surface area (Å²) in [5.41, 5.74) is 0.638. The van der Waals surface area contributed by atoms with Gasteiger partial charge in [0.25, 0.3) is 0 Å². The minimum atomic E-state index is -3.42. The van der Waals surface area contributed by atoms with Crippen molar-refractivity contribution in [3.8, 4) is 0 Å². The molecular formula is C14H13NO3S2. The summed E-state index contributed by atoms with van der Waals surface area (Å²) in [7, 11) is -2.63. The van der Waals surface area contributed by atoms with Crippen LogP contribution in [0.15, 0.2) is 64.4 Å². The number of nitrogens with one attached hydrogen (secondary N) is 1. The molecule has 0 aliphatic heterocycles. The Morgan fingerprint density at radius 2 is 1.60 bits per heavy atom. The largest absolute Gasteiger partial charge is 0.326 e. The van der Waals surface area contributed by atoms with E-state index < -0.39 is 8.87 Å². The lowest BCUT2D eigenvalue weighted by Gasteiger charge is -2.05. The van der Waals surface area contributed by atoms with Crippen molar-refractivity contribution in [1.82, 2.24) is 0 Å². The summed E-state index contributed by atoms with van der Waals surface area (Å²) in [6, 6.07) is 14.9. The van der Waals surface area contributed by atoms with Crippen LogP contribution in [0.4, 0.5) is 5.69 Å². The molecule has 0 aliphatic carbocycles. The van der Waals surface area contributed by atoms with Crippen LogP contribution in [0.25, 0.3) is 0 Å². The molecule has 0 saturated heterocycles. The number of rotatable bonds is 4. The molecule has 0 saturated carbocycles. The van der Waals surface area contributed by atoms with Gasteiger partial charge in [-0.3, -0.25) is 4.79 Å². The van der Waals surface area contributed by atoms with Gasteiger partial charge in [0.15, 0.2) is 0 Å². The molecule has 0 spiro atoms. The molecule has 2 aromatic carbocycles. The average Bonchev–Trinajstić information content (AvgIpc) is 2.41. The van der Waals surface area contributed by atoms with Crippen LogP contribution >= 0.6 is 10.8 Å². The van der Waals surface area contributed by atoms with E-state index in [9.17, 15) is 13.2 Å². The predicted molar refractivity (Wildman–Crippen MR) is 80.2 cm³/mol. The molecule has 0 radical (unpaired) electrons. The van der Waals surface area contributed by atoms with Crippen molar-refractivity contribution in [2.45, 2.75) is 16.7 Å². The van der Waals surface area contributed by atoms with Gasteiger partial charge in [-0.1, -0.05) is 18.2 Å². The van der Waals surface area contributed by atoms with Gasteiger partial charge < -0.3 is 5.32 Å². The third-order valence-electron chi connectivity index (χ3n) is 2.41. The van der Waals surface area contributed by atoms with Crippen LogP contribution in [0.1, 0.15) is 6.92 Å². The Bertz CT molecular complexity index is 695. The van der Waals surface area contributed by atoms with Gasteiger partial charge >= 0.3 is 0 Å². The Morgan fingerprint density at radius 1 is 1.00 bits per heavy atom. The normalized spacial score (nSPS) is 11.1. The van der Waals surface area contributed by atoms with Crippen LogP contribution in [-0.4, -0.2) is 14.3 Å². The van der Waals surface area contributed by atoms with Gasteiger partial charge in [0.05, 0.1) is 4.90 Å². The molecule has 0 atom stereocenters. The summed E-state index contributed by atoms with van der Waals surface area (Å²) in [4.78, 5) is 11.8. The Kier molecular flexibility index (Phi) is 4.46. The summed E-state index contributed by atoms with van der Waals surface area (Å²) in [6.07, 6.45) is 0. The van der Waals surface area contributed by atoms with Crippen molar-refractivity contribution in [2.75, 3.05) is 5.32 Å². The molecule has 2 aromatic rings. The van der Waals surface area contributed by atoms with Gasteiger partial charge in [0, 0.05) is 28.3 Å². The molecule has 1 amide bonds. The summed E-state index contributed by atoms with van der Waals surface area (Å²) in [6.45, 7) is 1.42. The van der Waals surface area contributed by atoms with Crippen molar-refractivity contribution in [3.05, 3.63) is 54.6 Å². The quantitative estimate of drug-likeness (QED) is 0.882. The topological polar surface area (TPSA) is 63.2 Å². The van der Waals surface area contributed by atoms with E-state index in [0.717, 1.165) is 10.8 Å². The second kappa shape index (κ2) is 6.11. The van der Waals surface area contributed by atoms with E-state index in [4.69, 9.17) is 0 Å². The molecule has 2 rings (SSSR count). The van der Waals surface area contributed by atoms with Gasteiger partial charge in [-0.05, 0) is 36.4 Å². The predicted octanol–water partition coefficient (Wildman–Crippen LogP) is 3.13. The average molecular weight is 307 g/mol. The zero-order valence-corrected chi connectivity index (χ0v) is 12.4. The monoisotopic (exact) mass is 307 g/mol. The van der Waals surface area contributed by atoms with E-state index >= 15 is 0 Å². The molecular weight excluding hydrogens is 294 g/mol. The van der Waals surface area contributed by atoms with Gasteiger partial charge in [-0.25, -0.2) is 8.42 Å². The Hall–Kier alpha value is -1.79. The first-order chi connectivity index (χ1) is 9.47. The van der Waals surface area contributed by atoms with Crippen molar-refractivity contribution in [2.24, 2.45) is 0 Å². The van der Waals surface area contributed by atoms with Gasteiger partial charge in [0.2, 0.25) is 14.8 Å². The van der Waals surface area contributed by atoms with Crippen LogP contribution in [-0.2, 0) is 13.7 Å². The van der Waals surface area contributed by atoms with Crippen molar-refractivity contribution in [3.63, 3.8) is 0 Å². The van der Waals surface area contributed by atoms with Crippen molar-refractivity contribution < 1.29 is 13.2 Å². The molecule has 0 fully saturated rings. The van der Waals surface area contributed by atoms with E-state index in [1.807, 2.05) is 0 Å². The number of carbonyl (C=O) groups is 1. The zero-order valence-electron chi connectivity index (χ0n) is 10.7. The van der Waals surface area contributed by atoms with Crippen LogP contribution in [0.3, 0.4) is 0 Å². The van der Waals surface area contributed by atoms with E-state index in [1.165, 1.54) is 6.92 Å². The number of hydrogen-bond donors (Lipinski definition) is 1. The Morgan fingerprint density at radius 3 is 2.15 bits per heavy atom. The first-order valence-corrected chi connectivity index (χ1v) is 8.66. The number of amides is 1. The Balaban J connectivity index is 2.16.